The van der Waals surface area contributed by atoms with Crippen LogP contribution in [0.3, 0.4) is 0 Å². The monoisotopic (exact) mass is 331 g/mol. The van der Waals surface area contributed by atoms with Gasteiger partial charge in [-0.25, -0.2) is 4.79 Å². The number of hydrogen-bond donors (Lipinski definition) is 2. The molecule has 0 saturated heterocycles. The van der Waals surface area contributed by atoms with E-state index in [0.29, 0.717) is 0 Å². The molecular weight excluding hydrogens is 302 g/mol. The first-order chi connectivity index (χ1) is 10.5. The van der Waals surface area contributed by atoms with E-state index in [4.69, 9.17) is 4.74 Å². The van der Waals surface area contributed by atoms with Crippen LogP contribution in [0, 0.1) is 5.92 Å². The summed E-state index contributed by atoms with van der Waals surface area (Å²) in [5, 5.41) is 12.2. The molecule has 0 aliphatic carbocycles. The fourth-order valence-electron chi connectivity index (χ4n) is 1.87. The van der Waals surface area contributed by atoms with E-state index in [0.717, 1.165) is 0 Å². The smallest absolute Gasteiger partial charge is 0.328 e. The van der Waals surface area contributed by atoms with Crippen LogP contribution in [0.2, 0.25) is 0 Å². The minimum absolute atomic E-state index is 0.0434. The molecule has 0 rings (SSSR count). The third-order valence-corrected chi connectivity index (χ3v) is 2.86. The largest absolute Gasteiger partial charge is 0.467 e. The zero-order chi connectivity index (χ0) is 18.2. The summed E-state index contributed by atoms with van der Waals surface area (Å²) in [7, 11) is 1.19. The van der Waals surface area contributed by atoms with Crippen molar-refractivity contribution in [2.75, 3.05) is 7.11 Å². The second-order valence-corrected chi connectivity index (χ2v) is 6.85. The molecule has 134 valence electrons. The van der Waals surface area contributed by atoms with E-state index in [1.165, 1.54) is 7.11 Å². The van der Waals surface area contributed by atoms with Gasteiger partial charge in [0.1, 0.15) is 17.7 Å². The van der Waals surface area contributed by atoms with Crippen molar-refractivity contribution < 1.29 is 29.0 Å². The number of rotatable bonds is 8. The van der Waals surface area contributed by atoms with E-state index in [2.05, 4.69) is 10.1 Å². The van der Waals surface area contributed by atoms with E-state index < -0.39 is 35.6 Å². The molecule has 0 unspecified atom stereocenters. The molecule has 23 heavy (non-hydrogen) atoms. The molecule has 0 bridgehead atoms. The highest BCUT2D eigenvalue weighted by molar-refractivity contribution is 5.87. The topological polar surface area (TPSA) is 102 Å². The highest BCUT2D eigenvalue weighted by atomic mass is 16.6. The Morgan fingerprint density at radius 2 is 1.74 bits per heavy atom. The standard InChI is InChI=1S/C16H29NO6/c1-10(2)9-12(18)14(20)17-11(15(21)22-6)7-8-13(19)23-16(3,4)5/h10-12,18H,7-9H2,1-6H3,(H,17,20)/t11-,12+/m0/s1. The molecule has 0 fully saturated rings. The molecular formula is C16H29NO6. The van der Waals surface area contributed by atoms with Crippen molar-refractivity contribution >= 4 is 17.8 Å². The third kappa shape index (κ3) is 9.89. The van der Waals surface area contributed by atoms with Crippen LogP contribution in [-0.2, 0) is 23.9 Å². The van der Waals surface area contributed by atoms with Crippen molar-refractivity contribution in [2.45, 2.75) is 71.6 Å². The minimum Gasteiger partial charge on any atom is -0.467 e. The lowest BCUT2D eigenvalue weighted by atomic mass is 10.0. The van der Waals surface area contributed by atoms with Gasteiger partial charge in [0.05, 0.1) is 7.11 Å². The Labute approximate surface area is 137 Å². The van der Waals surface area contributed by atoms with Gasteiger partial charge >= 0.3 is 11.9 Å². The first kappa shape index (κ1) is 21.4. The fourth-order valence-corrected chi connectivity index (χ4v) is 1.87. The summed E-state index contributed by atoms with van der Waals surface area (Å²) in [5.41, 5.74) is -0.617. The molecule has 0 aromatic rings. The number of esters is 2. The molecule has 0 radical (unpaired) electrons. The Morgan fingerprint density at radius 3 is 2.17 bits per heavy atom. The van der Waals surface area contributed by atoms with Gasteiger partial charge in [0, 0.05) is 6.42 Å². The van der Waals surface area contributed by atoms with Crippen LogP contribution >= 0.6 is 0 Å². The predicted molar refractivity (Wildman–Crippen MR) is 84.5 cm³/mol. The molecule has 2 N–H and O–H groups in total. The van der Waals surface area contributed by atoms with Gasteiger partial charge in [0.2, 0.25) is 5.91 Å². The molecule has 0 heterocycles. The third-order valence-electron chi connectivity index (χ3n) is 2.86. The van der Waals surface area contributed by atoms with Crippen LogP contribution < -0.4 is 5.32 Å². The quantitative estimate of drug-likeness (QED) is 0.647. The second kappa shape index (κ2) is 9.50. The first-order valence-corrected chi connectivity index (χ1v) is 7.74. The van der Waals surface area contributed by atoms with Gasteiger partial charge in [0.25, 0.3) is 0 Å². The molecule has 1 amide bonds. The molecule has 0 saturated carbocycles. The SMILES string of the molecule is COC(=O)[C@H](CCC(=O)OC(C)(C)C)NC(=O)[C@H](O)CC(C)C. The summed E-state index contributed by atoms with van der Waals surface area (Å²) in [6.45, 7) is 8.97. The van der Waals surface area contributed by atoms with Crippen LogP contribution in [0.4, 0.5) is 0 Å². The van der Waals surface area contributed by atoms with Gasteiger partial charge in [0.15, 0.2) is 0 Å². The fraction of sp³-hybridized carbons (Fsp3) is 0.812. The van der Waals surface area contributed by atoms with Crippen molar-refractivity contribution in [3.63, 3.8) is 0 Å². The van der Waals surface area contributed by atoms with Gasteiger partial charge < -0.3 is 19.9 Å². The lowest BCUT2D eigenvalue weighted by Gasteiger charge is -2.21. The summed E-state index contributed by atoms with van der Waals surface area (Å²) in [5.74, 6) is -1.66. The maximum absolute atomic E-state index is 11.9. The van der Waals surface area contributed by atoms with Gasteiger partial charge in [-0.1, -0.05) is 13.8 Å². The van der Waals surface area contributed by atoms with Crippen LogP contribution in [0.25, 0.3) is 0 Å². The van der Waals surface area contributed by atoms with E-state index >= 15 is 0 Å². The van der Waals surface area contributed by atoms with Crippen molar-refractivity contribution in [2.24, 2.45) is 5.92 Å². The highest BCUT2D eigenvalue weighted by Gasteiger charge is 2.27. The molecule has 2 atom stereocenters. The number of ether oxygens (including phenoxy) is 2. The van der Waals surface area contributed by atoms with E-state index in [-0.39, 0.29) is 25.2 Å². The van der Waals surface area contributed by atoms with E-state index in [1.54, 1.807) is 20.8 Å². The summed E-state index contributed by atoms with van der Waals surface area (Å²) in [4.78, 5) is 35.3. The summed E-state index contributed by atoms with van der Waals surface area (Å²) < 4.78 is 9.77. The van der Waals surface area contributed by atoms with Gasteiger partial charge in [-0.15, -0.1) is 0 Å². The number of carbonyl (C=O) groups is 3. The maximum atomic E-state index is 11.9. The average molecular weight is 331 g/mol. The van der Waals surface area contributed by atoms with Crippen LogP contribution in [0.15, 0.2) is 0 Å². The molecule has 0 aliphatic heterocycles. The van der Waals surface area contributed by atoms with Crippen LogP contribution in [-0.4, -0.2) is 47.8 Å². The zero-order valence-electron chi connectivity index (χ0n) is 14.8. The molecule has 0 aromatic carbocycles. The number of hydrogen-bond acceptors (Lipinski definition) is 6. The van der Waals surface area contributed by atoms with Crippen molar-refractivity contribution in [3.05, 3.63) is 0 Å². The number of aliphatic hydroxyl groups is 1. The Morgan fingerprint density at radius 1 is 1.17 bits per heavy atom. The van der Waals surface area contributed by atoms with Crippen molar-refractivity contribution in [1.82, 2.24) is 5.32 Å². The zero-order valence-corrected chi connectivity index (χ0v) is 14.8. The maximum Gasteiger partial charge on any atom is 0.328 e. The van der Waals surface area contributed by atoms with E-state index in [1.807, 2.05) is 13.8 Å². The molecule has 0 aromatic heterocycles. The number of carbonyl (C=O) groups excluding carboxylic acids is 3. The number of nitrogens with one attached hydrogen (secondary N) is 1. The van der Waals surface area contributed by atoms with Crippen molar-refractivity contribution in [3.8, 4) is 0 Å². The Bertz CT molecular complexity index is 413. The molecule has 7 heteroatoms. The predicted octanol–water partition coefficient (Wildman–Crippen LogP) is 1.17. The number of methoxy groups -OCH3 is 1. The molecule has 0 aliphatic rings. The molecule has 0 spiro atoms. The number of amides is 1. The summed E-state index contributed by atoms with van der Waals surface area (Å²) >= 11 is 0. The highest BCUT2D eigenvalue weighted by Crippen LogP contribution is 2.11. The Balaban J connectivity index is 4.62. The van der Waals surface area contributed by atoms with Crippen molar-refractivity contribution in [1.29, 1.82) is 0 Å². The van der Waals surface area contributed by atoms with E-state index in [9.17, 15) is 19.5 Å². The van der Waals surface area contributed by atoms with Gasteiger partial charge in [-0.2, -0.15) is 0 Å². The minimum atomic E-state index is -1.20. The second-order valence-electron chi connectivity index (χ2n) is 6.85. The van der Waals surface area contributed by atoms with Gasteiger partial charge in [-0.05, 0) is 39.5 Å². The normalized spacial score (nSPS) is 14.1. The Hall–Kier alpha value is -1.63. The lowest BCUT2D eigenvalue weighted by Crippen LogP contribution is -2.46. The average Bonchev–Trinajstić information content (AvgIpc) is 2.39. The van der Waals surface area contributed by atoms with Crippen LogP contribution in [0.5, 0.6) is 0 Å². The van der Waals surface area contributed by atoms with Crippen LogP contribution in [0.1, 0.15) is 53.9 Å². The summed E-state index contributed by atoms with van der Waals surface area (Å²) in [6.07, 6.45) is -0.922. The molecule has 7 nitrogen and oxygen atoms in total. The lowest BCUT2D eigenvalue weighted by molar-refractivity contribution is -0.155. The Kier molecular flexibility index (Phi) is 8.82. The number of aliphatic hydroxyl groups excluding tert-OH is 1. The first-order valence-electron chi connectivity index (χ1n) is 7.74. The summed E-state index contributed by atoms with van der Waals surface area (Å²) in [6, 6.07) is -0.998. The van der Waals surface area contributed by atoms with Gasteiger partial charge in [-0.3, -0.25) is 9.59 Å².